The second kappa shape index (κ2) is 13.7. The van der Waals surface area contributed by atoms with E-state index in [4.69, 9.17) is 0 Å². The monoisotopic (exact) mass is 814 g/mol. The third-order valence-electron chi connectivity index (χ3n) is 9.84. The van der Waals surface area contributed by atoms with Gasteiger partial charge in [0.25, 0.3) is 0 Å². The number of hydrogen-bond donors (Lipinski definition) is 5. The van der Waals surface area contributed by atoms with Crippen molar-refractivity contribution in [1.29, 1.82) is 0 Å². The van der Waals surface area contributed by atoms with Crippen molar-refractivity contribution in [3.05, 3.63) is 123 Å². The molecule has 18 heteroatoms. The number of rotatable bonds is 5. The van der Waals surface area contributed by atoms with E-state index in [1.165, 1.54) is 24.3 Å². The Balaban J connectivity index is 1.64. The molecule has 1 aliphatic heterocycles. The van der Waals surface area contributed by atoms with E-state index in [9.17, 15) is 0 Å². The average molecular weight is 815 g/mol. The van der Waals surface area contributed by atoms with Crippen LogP contribution >= 0.6 is 0 Å². The molecule has 0 atom stereocenters. The molecule has 0 saturated heterocycles. The SMILES string of the molecule is CNc1c(F)c(F)c(-c2c3nc(c4ccc([nH]4)c(-c4c(F)c(F)c(C)c(F)c4F)c4ccc([nH]4)c(-c4c(F)c(F)c(NC)c(F)c4F)c4ccc2[nH]4)C=C3)c(F)c1F. The highest BCUT2D eigenvalue weighted by Crippen LogP contribution is 2.43. The second-order valence-electron chi connectivity index (χ2n) is 13.0. The normalized spacial score (nSPS) is 12.0. The molecule has 0 spiro atoms. The van der Waals surface area contributed by atoms with E-state index in [0.717, 1.165) is 45.3 Å². The fourth-order valence-corrected chi connectivity index (χ4v) is 7.05. The minimum absolute atomic E-state index is 0.0327. The Labute approximate surface area is 317 Å². The van der Waals surface area contributed by atoms with Crippen LogP contribution in [0.4, 0.5) is 64.1 Å². The van der Waals surface area contributed by atoms with E-state index in [0.29, 0.717) is 0 Å². The summed E-state index contributed by atoms with van der Waals surface area (Å²) in [5.74, 6) is -22.3. The van der Waals surface area contributed by atoms with Gasteiger partial charge in [-0.1, -0.05) is 0 Å². The Morgan fingerprint density at radius 2 is 0.655 bits per heavy atom. The van der Waals surface area contributed by atoms with Crippen molar-refractivity contribution in [1.82, 2.24) is 19.9 Å². The zero-order valence-electron chi connectivity index (χ0n) is 29.6. The fraction of sp³-hybridized carbons (Fsp3) is 0.0750. The van der Waals surface area contributed by atoms with Crippen LogP contribution in [0, 0.1) is 76.7 Å². The molecular formula is C40H22F12N6. The summed E-state index contributed by atoms with van der Waals surface area (Å²) in [6, 6.07) is 6.75. The van der Waals surface area contributed by atoms with Crippen molar-refractivity contribution in [3.63, 3.8) is 0 Å². The topological polar surface area (TPSA) is 84.3 Å². The Morgan fingerprint density at radius 1 is 0.362 bits per heavy atom. The molecule has 5 heterocycles. The molecule has 0 saturated carbocycles. The van der Waals surface area contributed by atoms with Gasteiger partial charge in [-0.05, 0) is 55.5 Å². The molecule has 8 bridgehead atoms. The zero-order valence-corrected chi connectivity index (χ0v) is 29.6. The van der Waals surface area contributed by atoms with E-state index in [1.807, 2.05) is 10.6 Å². The first kappa shape index (κ1) is 38.0. The molecule has 0 radical (unpaired) electrons. The summed E-state index contributed by atoms with van der Waals surface area (Å²) < 4.78 is 187. The molecule has 0 aliphatic carbocycles. The van der Waals surface area contributed by atoms with Gasteiger partial charge in [0.15, 0.2) is 69.8 Å². The number of aromatic amines is 3. The number of aromatic nitrogens is 4. The summed E-state index contributed by atoms with van der Waals surface area (Å²) >= 11 is 0. The predicted molar refractivity (Wildman–Crippen MR) is 195 cm³/mol. The molecular weight excluding hydrogens is 792 g/mol. The summed E-state index contributed by atoms with van der Waals surface area (Å²) in [5.41, 5.74) is -11.5. The smallest absolute Gasteiger partial charge is 0.185 e. The largest absolute Gasteiger partial charge is 0.383 e. The van der Waals surface area contributed by atoms with Crippen LogP contribution in [0.25, 0.3) is 78.6 Å². The molecule has 296 valence electrons. The van der Waals surface area contributed by atoms with Gasteiger partial charge in [-0.15, -0.1) is 0 Å². The number of halogens is 12. The van der Waals surface area contributed by atoms with Gasteiger partial charge >= 0.3 is 0 Å². The van der Waals surface area contributed by atoms with Gasteiger partial charge in [0.1, 0.15) is 11.4 Å². The van der Waals surface area contributed by atoms with Crippen molar-refractivity contribution in [2.75, 3.05) is 24.7 Å². The van der Waals surface area contributed by atoms with Crippen LogP contribution in [0.2, 0.25) is 0 Å². The van der Waals surface area contributed by atoms with Crippen molar-refractivity contribution in [3.8, 4) is 33.4 Å². The molecule has 7 aromatic rings. The minimum Gasteiger partial charge on any atom is -0.383 e. The number of fused-ring (bicyclic) bond motifs is 9. The first-order valence-corrected chi connectivity index (χ1v) is 16.9. The van der Waals surface area contributed by atoms with Crippen LogP contribution in [0.15, 0.2) is 36.4 Å². The maximum atomic E-state index is 16.1. The summed E-state index contributed by atoms with van der Waals surface area (Å²) in [7, 11) is 2.00. The van der Waals surface area contributed by atoms with E-state index in [-0.39, 0.29) is 27.9 Å². The van der Waals surface area contributed by atoms with Crippen molar-refractivity contribution < 1.29 is 52.7 Å². The first-order valence-electron chi connectivity index (χ1n) is 16.9. The summed E-state index contributed by atoms with van der Waals surface area (Å²) in [4.78, 5) is 12.5. The highest BCUT2D eigenvalue weighted by Gasteiger charge is 2.32. The lowest BCUT2D eigenvalue weighted by Crippen LogP contribution is -2.07. The quantitative estimate of drug-likeness (QED) is 0.0886. The summed E-state index contributed by atoms with van der Waals surface area (Å²) in [6.45, 7) is 0.799. The third-order valence-corrected chi connectivity index (χ3v) is 9.84. The van der Waals surface area contributed by atoms with Gasteiger partial charge in [-0.2, -0.15) is 0 Å². The Kier molecular flexibility index (Phi) is 8.96. The molecule has 5 N–H and O–H groups in total. The Hall–Kier alpha value is -6.85. The average Bonchev–Trinajstić information content (AvgIpc) is 4.05. The van der Waals surface area contributed by atoms with Crippen LogP contribution < -0.4 is 10.6 Å². The number of hydrogen-bond acceptors (Lipinski definition) is 3. The second-order valence-corrected chi connectivity index (χ2v) is 13.0. The lowest BCUT2D eigenvalue weighted by molar-refractivity contribution is 0.449. The first-order chi connectivity index (χ1) is 27.6. The highest BCUT2D eigenvalue weighted by atomic mass is 19.2. The molecule has 8 rings (SSSR count). The lowest BCUT2D eigenvalue weighted by Gasteiger charge is -2.13. The third kappa shape index (κ3) is 5.41. The van der Waals surface area contributed by atoms with E-state index in [2.05, 4.69) is 19.9 Å². The van der Waals surface area contributed by atoms with Gasteiger partial charge in [0, 0.05) is 63.9 Å². The van der Waals surface area contributed by atoms with Gasteiger partial charge in [0.05, 0.1) is 33.6 Å². The van der Waals surface area contributed by atoms with E-state index < -0.39 is 137 Å². The molecule has 58 heavy (non-hydrogen) atoms. The highest BCUT2D eigenvalue weighted by molar-refractivity contribution is 6.01. The van der Waals surface area contributed by atoms with Crippen LogP contribution in [0.5, 0.6) is 0 Å². The summed E-state index contributed by atoms with van der Waals surface area (Å²) in [5, 5.41) is 4.05. The Morgan fingerprint density at radius 3 is 1.03 bits per heavy atom. The van der Waals surface area contributed by atoms with E-state index in [1.54, 1.807) is 0 Å². The fourth-order valence-electron chi connectivity index (χ4n) is 7.05. The van der Waals surface area contributed by atoms with Gasteiger partial charge in [-0.3, -0.25) is 0 Å². The number of nitrogens with one attached hydrogen (secondary N) is 5. The summed E-state index contributed by atoms with van der Waals surface area (Å²) in [6.07, 6.45) is 2.45. The van der Waals surface area contributed by atoms with Gasteiger partial charge in [0.2, 0.25) is 0 Å². The van der Waals surface area contributed by atoms with Crippen molar-refractivity contribution in [2.24, 2.45) is 0 Å². The maximum absolute atomic E-state index is 16.1. The molecule has 0 unspecified atom stereocenters. The van der Waals surface area contributed by atoms with Crippen molar-refractivity contribution >= 4 is 56.6 Å². The molecule has 0 amide bonds. The van der Waals surface area contributed by atoms with E-state index >= 15 is 52.7 Å². The molecule has 6 nitrogen and oxygen atoms in total. The van der Waals surface area contributed by atoms with Crippen LogP contribution in [-0.2, 0) is 0 Å². The number of nitrogens with zero attached hydrogens (tertiary/aromatic N) is 1. The Bertz CT molecular complexity index is 3000. The number of anilines is 2. The van der Waals surface area contributed by atoms with Crippen LogP contribution in [0.3, 0.4) is 0 Å². The van der Waals surface area contributed by atoms with Crippen molar-refractivity contribution in [2.45, 2.75) is 6.92 Å². The van der Waals surface area contributed by atoms with Gasteiger partial charge < -0.3 is 25.6 Å². The standard InChI is InChI=1S/C40H22F12N6/c1-12-27(41)29(43)24(30(44)28(12)42)21-15-6-4-13(55-15)14-5-7-16(56-14)22(25-31(45)35(49)39(53-2)36(50)32(25)46)18-9-11-20(58-18)23(19-10-8-17(21)57-19)26-33(47)37(51)40(54-3)38(52)34(26)48/h4-11,53-55,57-58H,1-3H3. The number of benzene rings is 3. The number of H-pyrrole nitrogens is 3. The molecule has 1 aliphatic rings. The molecule has 4 aromatic heterocycles. The molecule has 3 aromatic carbocycles. The van der Waals surface area contributed by atoms with Crippen LogP contribution in [0.1, 0.15) is 17.0 Å². The zero-order chi connectivity index (χ0) is 41.6. The van der Waals surface area contributed by atoms with Gasteiger partial charge in [-0.25, -0.2) is 57.7 Å². The minimum atomic E-state index is -1.96. The lowest BCUT2D eigenvalue weighted by atomic mass is 10.0. The van der Waals surface area contributed by atoms with Crippen LogP contribution in [-0.4, -0.2) is 34.0 Å². The predicted octanol–water partition coefficient (Wildman–Crippen LogP) is 11.8. The maximum Gasteiger partial charge on any atom is 0.185 e. The molecule has 0 fully saturated rings.